The molecule has 0 aliphatic carbocycles. The van der Waals surface area contributed by atoms with Crippen molar-refractivity contribution in [3.8, 4) is 29.4 Å². The molecule has 0 saturated heterocycles. The Morgan fingerprint density at radius 3 is 1.94 bits per heavy atom. The van der Waals surface area contributed by atoms with E-state index < -0.39 is 11.9 Å². The van der Waals surface area contributed by atoms with E-state index in [1.165, 1.54) is 24.3 Å². The fraction of sp³-hybridized carbons (Fsp3) is 0.231. The second-order valence-electron chi connectivity index (χ2n) is 6.59. The monoisotopic (exact) mass is 460 g/mol. The third-order valence-electron chi connectivity index (χ3n) is 4.24. The van der Waals surface area contributed by atoms with Crippen molar-refractivity contribution in [1.29, 1.82) is 10.5 Å². The molecule has 0 aromatic heterocycles. The number of benzene rings is 2. The summed E-state index contributed by atoms with van der Waals surface area (Å²) >= 11 is 0. The number of hydrogen-bond acceptors (Lipinski definition) is 8. The topological polar surface area (TPSA) is 119 Å². The highest BCUT2D eigenvalue weighted by molar-refractivity contribution is 5.99. The SMILES string of the molecule is CCOC(=O)/C(C#N)=C/c1ccc(OC(=O)/C(C#N)=C/c2ccc(OCC)cc2)c(OCC)c1. The van der Waals surface area contributed by atoms with Crippen molar-refractivity contribution >= 4 is 24.1 Å². The summed E-state index contributed by atoms with van der Waals surface area (Å²) in [5, 5.41) is 18.7. The van der Waals surface area contributed by atoms with E-state index in [0.29, 0.717) is 23.5 Å². The smallest absolute Gasteiger partial charge is 0.354 e. The fourth-order valence-corrected chi connectivity index (χ4v) is 2.76. The molecule has 0 amide bonds. The van der Waals surface area contributed by atoms with Crippen LogP contribution in [0.4, 0.5) is 0 Å². The molecule has 0 bridgehead atoms. The third-order valence-corrected chi connectivity index (χ3v) is 4.24. The Morgan fingerprint density at radius 2 is 1.35 bits per heavy atom. The van der Waals surface area contributed by atoms with Crippen molar-refractivity contribution in [2.45, 2.75) is 20.8 Å². The summed E-state index contributed by atoms with van der Waals surface area (Å²) in [5.41, 5.74) is 0.715. The van der Waals surface area contributed by atoms with E-state index >= 15 is 0 Å². The van der Waals surface area contributed by atoms with Crippen LogP contribution >= 0.6 is 0 Å². The van der Waals surface area contributed by atoms with E-state index in [4.69, 9.17) is 18.9 Å². The molecule has 2 rings (SSSR count). The summed E-state index contributed by atoms with van der Waals surface area (Å²) in [6.07, 6.45) is 2.76. The molecule has 8 heteroatoms. The standard InChI is InChI=1S/C26H24N2O6/c1-4-31-22-10-7-18(8-11-22)13-21(17-28)26(30)34-23-12-9-19(15-24(23)32-5-2)14-20(16-27)25(29)33-6-3/h7-15H,4-6H2,1-3H3/b20-14+,21-13+. The van der Waals surface area contributed by atoms with E-state index in [0.717, 1.165) is 0 Å². The highest BCUT2D eigenvalue weighted by atomic mass is 16.6. The average Bonchev–Trinajstić information content (AvgIpc) is 2.83. The maximum absolute atomic E-state index is 12.6. The van der Waals surface area contributed by atoms with Gasteiger partial charge in [-0.25, -0.2) is 9.59 Å². The van der Waals surface area contributed by atoms with Gasteiger partial charge >= 0.3 is 11.9 Å². The molecule has 34 heavy (non-hydrogen) atoms. The largest absolute Gasteiger partial charge is 0.494 e. The second-order valence-corrected chi connectivity index (χ2v) is 6.59. The van der Waals surface area contributed by atoms with Gasteiger partial charge in [0.05, 0.1) is 19.8 Å². The maximum Gasteiger partial charge on any atom is 0.354 e. The summed E-state index contributed by atoms with van der Waals surface area (Å²) in [7, 11) is 0. The number of carbonyl (C=O) groups excluding carboxylic acids is 2. The molecule has 0 radical (unpaired) electrons. The lowest BCUT2D eigenvalue weighted by molar-refractivity contribution is -0.138. The number of hydrogen-bond donors (Lipinski definition) is 0. The predicted octanol–water partition coefficient (Wildman–Crippen LogP) is 4.47. The van der Waals surface area contributed by atoms with E-state index in [1.54, 1.807) is 50.2 Å². The first-order chi connectivity index (χ1) is 16.4. The van der Waals surface area contributed by atoms with Crippen LogP contribution in [0.2, 0.25) is 0 Å². The van der Waals surface area contributed by atoms with Gasteiger partial charge in [0.15, 0.2) is 11.5 Å². The lowest BCUT2D eigenvalue weighted by Crippen LogP contribution is -2.11. The number of carbonyl (C=O) groups is 2. The first-order valence-corrected chi connectivity index (χ1v) is 10.6. The van der Waals surface area contributed by atoms with Gasteiger partial charge in [-0.05, 0) is 68.3 Å². The lowest BCUT2D eigenvalue weighted by Gasteiger charge is -2.11. The van der Waals surface area contributed by atoms with Gasteiger partial charge < -0.3 is 18.9 Å². The van der Waals surface area contributed by atoms with Gasteiger partial charge in [-0.15, -0.1) is 0 Å². The Labute approximate surface area is 198 Å². The van der Waals surface area contributed by atoms with Gasteiger partial charge in [-0.1, -0.05) is 18.2 Å². The third kappa shape index (κ3) is 7.25. The molecular weight excluding hydrogens is 436 g/mol. The minimum Gasteiger partial charge on any atom is -0.494 e. The molecule has 0 saturated carbocycles. The zero-order valence-electron chi connectivity index (χ0n) is 19.2. The number of nitriles is 2. The van der Waals surface area contributed by atoms with Crippen LogP contribution in [0.1, 0.15) is 31.9 Å². The molecule has 0 aliphatic heterocycles. The number of rotatable bonds is 10. The van der Waals surface area contributed by atoms with Crippen molar-refractivity contribution in [2.75, 3.05) is 19.8 Å². The van der Waals surface area contributed by atoms with Crippen molar-refractivity contribution in [3.63, 3.8) is 0 Å². The van der Waals surface area contributed by atoms with Gasteiger partial charge in [0, 0.05) is 0 Å². The van der Waals surface area contributed by atoms with Gasteiger partial charge in [0.2, 0.25) is 0 Å². The lowest BCUT2D eigenvalue weighted by atomic mass is 10.1. The summed E-state index contributed by atoms with van der Waals surface area (Å²) in [4.78, 5) is 24.5. The summed E-state index contributed by atoms with van der Waals surface area (Å²) in [5.74, 6) is -0.615. The highest BCUT2D eigenvalue weighted by Gasteiger charge is 2.17. The van der Waals surface area contributed by atoms with Crippen LogP contribution in [0.3, 0.4) is 0 Å². The maximum atomic E-state index is 12.6. The van der Waals surface area contributed by atoms with Gasteiger partial charge in [0.1, 0.15) is 29.0 Å². The van der Waals surface area contributed by atoms with Crippen LogP contribution in [0.15, 0.2) is 53.6 Å². The minimum atomic E-state index is -0.857. The Balaban J connectivity index is 2.28. The number of esters is 2. The molecular formula is C26H24N2O6. The van der Waals surface area contributed by atoms with E-state index in [2.05, 4.69) is 0 Å². The fourth-order valence-electron chi connectivity index (χ4n) is 2.76. The molecule has 0 N–H and O–H groups in total. The van der Waals surface area contributed by atoms with Gasteiger partial charge in [-0.2, -0.15) is 10.5 Å². The Morgan fingerprint density at radius 1 is 0.765 bits per heavy atom. The first-order valence-electron chi connectivity index (χ1n) is 10.6. The van der Waals surface area contributed by atoms with Crippen LogP contribution in [-0.2, 0) is 14.3 Å². The molecule has 2 aromatic carbocycles. The normalized spacial score (nSPS) is 11.1. The first kappa shape index (κ1) is 25.7. The Hall–Kier alpha value is -4.56. The molecule has 0 heterocycles. The second kappa shape index (κ2) is 13.1. The Bertz CT molecular complexity index is 1170. The van der Waals surface area contributed by atoms with Crippen LogP contribution < -0.4 is 14.2 Å². The quantitative estimate of drug-likeness (QED) is 0.221. The van der Waals surface area contributed by atoms with Crippen LogP contribution in [0.25, 0.3) is 12.2 Å². The van der Waals surface area contributed by atoms with Gasteiger partial charge in [-0.3, -0.25) is 0 Å². The zero-order valence-corrected chi connectivity index (χ0v) is 19.2. The van der Waals surface area contributed by atoms with Crippen LogP contribution in [-0.4, -0.2) is 31.8 Å². The molecule has 8 nitrogen and oxygen atoms in total. The van der Waals surface area contributed by atoms with Crippen LogP contribution in [0, 0.1) is 22.7 Å². The average molecular weight is 460 g/mol. The zero-order chi connectivity index (χ0) is 24.9. The molecule has 0 fully saturated rings. The molecule has 0 atom stereocenters. The Kier molecular flexibility index (Phi) is 9.90. The van der Waals surface area contributed by atoms with E-state index in [-0.39, 0.29) is 35.9 Å². The van der Waals surface area contributed by atoms with Crippen molar-refractivity contribution in [3.05, 3.63) is 64.7 Å². The molecule has 174 valence electrons. The minimum absolute atomic E-state index is 0.0893. The molecule has 0 unspecified atom stereocenters. The highest BCUT2D eigenvalue weighted by Crippen LogP contribution is 2.30. The van der Waals surface area contributed by atoms with Crippen molar-refractivity contribution in [1.82, 2.24) is 0 Å². The number of nitrogens with zero attached hydrogens (tertiary/aromatic N) is 2. The molecule has 2 aromatic rings. The van der Waals surface area contributed by atoms with Crippen molar-refractivity contribution in [2.24, 2.45) is 0 Å². The summed E-state index contributed by atoms with van der Waals surface area (Å²) in [6.45, 7) is 6.21. The van der Waals surface area contributed by atoms with Crippen molar-refractivity contribution < 1.29 is 28.5 Å². The number of ether oxygens (including phenoxy) is 4. The van der Waals surface area contributed by atoms with E-state index in [9.17, 15) is 20.1 Å². The summed E-state index contributed by atoms with van der Waals surface area (Å²) < 4.78 is 21.2. The molecule has 0 aliphatic rings. The van der Waals surface area contributed by atoms with Crippen LogP contribution in [0.5, 0.6) is 17.2 Å². The predicted molar refractivity (Wildman–Crippen MR) is 125 cm³/mol. The summed E-state index contributed by atoms with van der Waals surface area (Å²) in [6, 6.07) is 15.1. The molecule has 0 spiro atoms. The van der Waals surface area contributed by atoms with Gasteiger partial charge in [0.25, 0.3) is 0 Å². The van der Waals surface area contributed by atoms with E-state index in [1.807, 2.05) is 13.0 Å².